The van der Waals surface area contributed by atoms with E-state index in [9.17, 15) is 10.1 Å². The summed E-state index contributed by atoms with van der Waals surface area (Å²) in [6.45, 7) is 0.783. The number of para-hydroxylation sites is 1. The highest BCUT2D eigenvalue weighted by molar-refractivity contribution is 5.28. The Morgan fingerprint density at radius 1 is 1.00 bits per heavy atom. The Hall–Kier alpha value is -2.20. The quantitative estimate of drug-likeness (QED) is 0.620. The minimum Gasteiger partial charge on any atom is -0.374 e. The fourth-order valence-electron chi connectivity index (χ4n) is 1.88. The number of hydrogen-bond donors (Lipinski definition) is 0. The minimum absolute atomic E-state index is 0.137. The third-order valence-corrected chi connectivity index (χ3v) is 3.35. The van der Waals surface area contributed by atoms with Crippen molar-refractivity contribution in [2.45, 2.75) is 32.0 Å². The van der Waals surface area contributed by atoms with Crippen LogP contribution in [0.5, 0.6) is 0 Å². The Bertz CT molecular complexity index is 538. The molecule has 0 spiro atoms. The fourth-order valence-corrected chi connectivity index (χ4v) is 1.88. The molecule has 4 nitrogen and oxygen atoms in total. The summed E-state index contributed by atoms with van der Waals surface area (Å²) >= 11 is 0. The predicted molar refractivity (Wildman–Crippen MR) is 82.0 cm³/mol. The number of benzene rings is 2. The zero-order chi connectivity index (χ0) is 14.9. The fraction of sp³-hybridized carbons (Fsp3) is 0.294. The van der Waals surface area contributed by atoms with Crippen molar-refractivity contribution in [1.29, 1.82) is 0 Å². The van der Waals surface area contributed by atoms with Crippen LogP contribution >= 0.6 is 0 Å². The van der Waals surface area contributed by atoms with E-state index in [2.05, 4.69) is 24.3 Å². The molecule has 2 aromatic carbocycles. The van der Waals surface area contributed by atoms with E-state index < -0.39 is 4.92 Å². The number of nitrogens with zero attached hydrogens (tertiary/aromatic N) is 1. The smallest absolute Gasteiger partial charge is 0.269 e. The molecule has 0 amide bonds. The van der Waals surface area contributed by atoms with E-state index in [1.807, 2.05) is 6.07 Å². The Kier molecular flexibility index (Phi) is 5.91. The van der Waals surface area contributed by atoms with E-state index in [1.54, 1.807) is 18.2 Å². The number of nitro benzene ring substituents is 1. The molecule has 0 aliphatic heterocycles. The Morgan fingerprint density at radius 3 is 2.00 bits per heavy atom. The Morgan fingerprint density at radius 2 is 1.57 bits per heavy atom. The molecule has 2 aromatic rings. The molecule has 1 aliphatic rings. The molecule has 1 fully saturated rings. The van der Waals surface area contributed by atoms with Crippen LogP contribution in [0.3, 0.4) is 0 Å². The van der Waals surface area contributed by atoms with Gasteiger partial charge < -0.3 is 4.74 Å². The molecule has 3 rings (SSSR count). The zero-order valence-electron chi connectivity index (χ0n) is 11.9. The molecule has 0 heterocycles. The van der Waals surface area contributed by atoms with Gasteiger partial charge in [0.15, 0.2) is 0 Å². The predicted octanol–water partition coefficient (Wildman–Crippen LogP) is 4.35. The van der Waals surface area contributed by atoms with Gasteiger partial charge in [0.2, 0.25) is 0 Å². The van der Waals surface area contributed by atoms with Crippen LogP contribution in [0.1, 0.15) is 24.8 Å². The van der Waals surface area contributed by atoms with E-state index in [0.29, 0.717) is 6.10 Å². The van der Waals surface area contributed by atoms with Crippen LogP contribution in [0.2, 0.25) is 0 Å². The number of ether oxygens (including phenoxy) is 1. The van der Waals surface area contributed by atoms with Crippen molar-refractivity contribution in [1.82, 2.24) is 0 Å². The first kappa shape index (κ1) is 15.2. The number of hydrogen-bond acceptors (Lipinski definition) is 3. The molecule has 0 N–H and O–H groups in total. The van der Waals surface area contributed by atoms with E-state index in [0.717, 1.165) is 6.61 Å². The van der Waals surface area contributed by atoms with Gasteiger partial charge >= 0.3 is 0 Å². The average Bonchev–Trinajstić information content (AvgIpc) is 2.48. The summed E-state index contributed by atoms with van der Waals surface area (Å²) in [7, 11) is 0. The van der Waals surface area contributed by atoms with Crippen molar-refractivity contribution < 1.29 is 9.66 Å². The van der Waals surface area contributed by atoms with Gasteiger partial charge in [-0.2, -0.15) is 0 Å². The lowest BCUT2D eigenvalue weighted by atomic mass is 9.96. The third-order valence-electron chi connectivity index (χ3n) is 3.35. The van der Waals surface area contributed by atoms with Gasteiger partial charge in [-0.3, -0.25) is 10.1 Å². The van der Waals surface area contributed by atoms with Gasteiger partial charge in [-0.05, 0) is 24.8 Å². The van der Waals surface area contributed by atoms with Crippen LogP contribution in [0.25, 0.3) is 0 Å². The van der Waals surface area contributed by atoms with Crippen LogP contribution in [0, 0.1) is 10.1 Å². The standard InChI is InChI=1S/C11H14O.C6H5NO2/c1-2-5-10(6-3-1)9-12-11-7-4-8-11;8-7(9)6-4-2-1-3-5-6/h1-3,5-6,11H,4,7-9H2;1-5H. The Labute approximate surface area is 124 Å². The van der Waals surface area contributed by atoms with Gasteiger partial charge in [0.1, 0.15) is 0 Å². The second-order valence-electron chi connectivity index (χ2n) is 4.94. The van der Waals surface area contributed by atoms with Crippen LogP contribution in [-0.2, 0) is 11.3 Å². The van der Waals surface area contributed by atoms with E-state index >= 15 is 0 Å². The molecule has 0 aromatic heterocycles. The summed E-state index contributed by atoms with van der Waals surface area (Å²) in [6.07, 6.45) is 4.41. The van der Waals surface area contributed by atoms with E-state index in [1.165, 1.54) is 37.0 Å². The lowest BCUT2D eigenvalue weighted by Gasteiger charge is -2.25. The largest absolute Gasteiger partial charge is 0.374 e. The lowest BCUT2D eigenvalue weighted by Crippen LogP contribution is -2.21. The molecule has 21 heavy (non-hydrogen) atoms. The topological polar surface area (TPSA) is 52.4 Å². The van der Waals surface area contributed by atoms with Crippen molar-refractivity contribution in [3.63, 3.8) is 0 Å². The monoisotopic (exact) mass is 285 g/mol. The maximum atomic E-state index is 10.0. The summed E-state index contributed by atoms with van der Waals surface area (Å²) in [5.74, 6) is 0. The molecule has 0 saturated heterocycles. The normalized spacial score (nSPS) is 13.7. The first-order valence-electron chi connectivity index (χ1n) is 7.10. The summed E-state index contributed by atoms with van der Waals surface area (Å²) < 4.78 is 5.66. The minimum atomic E-state index is -0.417. The summed E-state index contributed by atoms with van der Waals surface area (Å²) in [5.41, 5.74) is 1.42. The molecule has 0 atom stereocenters. The van der Waals surface area contributed by atoms with Gasteiger partial charge in [0.05, 0.1) is 17.6 Å². The summed E-state index contributed by atoms with van der Waals surface area (Å²) in [5, 5.41) is 10.0. The number of nitro groups is 1. The maximum absolute atomic E-state index is 10.0. The van der Waals surface area contributed by atoms with Gasteiger partial charge in [-0.15, -0.1) is 0 Å². The second-order valence-corrected chi connectivity index (χ2v) is 4.94. The van der Waals surface area contributed by atoms with Gasteiger partial charge in [0.25, 0.3) is 5.69 Å². The van der Waals surface area contributed by atoms with Gasteiger partial charge in [-0.25, -0.2) is 0 Å². The first-order chi connectivity index (χ1) is 10.3. The van der Waals surface area contributed by atoms with Crippen molar-refractivity contribution in [3.8, 4) is 0 Å². The van der Waals surface area contributed by atoms with Crippen LogP contribution in [0.4, 0.5) is 5.69 Å². The van der Waals surface area contributed by atoms with Crippen molar-refractivity contribution in [3.05, 3.63) is 76.3 Å². The van der Waals surface area contributed by atoms with E-state index in [4.69, 9.17) is 4.74 Å². The SMILES string of the molecule is O=[N+]([O-])c1ccccc1.c1ccc(COC2CCC2)cc1. The van der Waals surface area contributed by atoms with Crippen molar-refractivity contribution in [2.24, 2.45) is 0 Å². The van der Waals surface area contributed by atoms with Gasteiger partial charge in [0, 0.05) is 12.1 Å². The highest BCUT2D eigenvalue weighted by atomic mass is 16.6. The van der Waals surface area contributed by atoms with Crippen LogP contribution in [0.15, 0.2) is 60.7 Å². The molecule has 0 radical (unpaired) electrons. The van der Waals surface area contributed by atoms with E-state index in [-0.39, 0.29) is 5.69 Å². The molecule has 110 valence electrons. The molecular weight excluding hydrogens is 266 g/mol. The number of non-ortho nitro benzene ring substituents is 1. The number of rotatable bonds is 4. The van der Waals surface area contributed by atoms with Crippen molar-refractivity contribution >= 4 is 5.69 Å². The molecule has 4 heteroatoms. The zero-order valence-corrected chi connectivity index (χ0v) is 11.9. The maximum Gasteiger partial charge on any atom is 0.269 e. The van der Waals surface area contributed by atoms with Crippen molar-refractivity contribution in [2.75, 3.05) is 0 Å². The lowest BCUT2D eigenvalue weighted by molar-refractivity contribution is -0.384. The molecule has 0 unspecified atom stereocenters. The third kappa shape index (κ3) is 5.36. The highest BCUT2D eigenvalue weighted by Gasteiger charge is 2.17. The molecule has 1 aliphatic carbocycles. The summed E-state index contributed by atoms with van der Waals surface area (Å²) in [6, 6.07) is 18.3. The first-order valence-corrected chi connectivity index (χ1v) is 7.10. The average molecular weight is 285 g/mol. The van der Waals surface area contributed by atoms with Crippen LogP contribution in [-0.4, -0.2) is 11.0 Å². The second kappa shape index (κ2) is 8.17. The Balaban J connectivity index is 0.000000161. The van der Waals surface area contributed by atoms with Crippen LogP contribution < -0.4 is 0 Å². The summed E-state index contributed by atoms with van der Waals surface area (Å²) in [4.78, 5) is 9.59. The molecular formula is C17H19NO3. The van der Waals surface area contributed by atoms with Gasteiger partial charge in [-0.1, -0.05) is 48.5 Å². The molecule has 1 saturated carbocycles. The molecule has 0 bridgehead atoms. The highest BCUT2D eigenvalue weighted by Crippen LogP contribution is 2.22.